The number of pyridine rings is 1. The van der Waals surface area contributed by atoms with Crippen molar-refractivity contribution >= 4 is 5.82 Å². The molecule has 4 nitrogen and oxygen atoms in total. The van der Waals surface area contributed by atoms with E-state index >= 15 is 0 Å². The summed E-state index contributed by atoms with van der Waals surface area (Å²) in [5, 5.41) is 0. The topological polar surface area (TPSA) is 45.4 Å². The number of nitrogens with two attached hydrogens (primary N) is 1. The van der Waals surface area contributed by atoms with Crippen LogP contribution in [0.1, 0.15) is 31.4 Å². The Hall–Kier alpha value is -1.13. The van der Waals surface area contributed by atoms with Crippen molar-refractivity contribution in [3.63, 3.8) is 0 Å². The normalized spacial score (nSPS) is 19.8. The van der Waals surface area contributed by atoms with E-state index < -0.39 is 0 Å². The monoisotopic (exact) mass is 248 g/mol. The van der Waals surface area contributed by atoms with Gasteiger partial charge in [-0.25, -0.2) is 4.98 Å². The summed E-state index contributed by atoms with van der Waals surface area (Å²) in [6.07, 6.45) is 4.27. The Labute approximate surface area is 110 Å². The standard InChI is InChI=1S/C14H24N4/c1-11(15)12-4-7-16-14(10-12)18(3)13-5-8-17(2)9-6-13/h4,7,10-11,13H,5-6,8-9,15H2,1-3H3. The van der Waals surface area contributed by atoms with E-state index in [9.17, 15) is 0 Å². The van der Waals surface area contributed by atoms with Crippen LogP contribution < -0.4 is 10.6 Å². The molecule has 0 spiro atoms. The van der Waals surface area contributed by atoms with Gasteiger partial charge in [0.2, 0.25) is 0 Å². The van der Waals surface area contributed by atoms with Crippen molar-refractivity contribution in [2.45, 2.75) is 31.8 Å². The maximum Gasteiger partial charge on any atom is 0.128 e. The van der Waals surface area contributed by atoms with Crippen LogP contribution >= 0.6 is 0 Å². The molecule has 1 unspecified atom stereocenters. The lowest BCUT2D eigenvalue weighted by molar-refractivity contribution is 0.252. The highest BCUT2D eigenvalue weighted by atomic mass is 15.2. The quantitative estimate of drug-likeness (QED) is 0.883. The number of rotatable bonds is 3. The summed E-state index contributed by atoms with van der Waals surface area (Å²) in [4.78, 5) is 9.16. The Morgan fingerprint density at radius 1 is 1.44 bits per heavy atom. The minimum Gasteiger partial charge on any atom is -0.357 e. The fraction of sp³-hybridized carbons (Fsp3) is 0.643. The van der Waals surface area contributed by atoms with E-state index in [1.165, 1.54) is 25.9 Å². The SMILES string of the molecule is CC(N)c1ccnc(N(C)C2CCN(C)CC2)c1. The molecule has 100 valence electrons. The van der Waals surface area contributed by atoms with Crippen LogP contribution in [0.5, 0.6) is 0 Å². The van der Waals surface area contributed by atoms with E-state index in [0.29, 0.717) is 6.04 Å². The van der Waals surface area contributed by atoms with Crippen molar-refractivity contribution in [2.75, 3.05) is 32.1 Å². The second-order valence-electron chi connectivity index (χ2n) is 5.38. The largest absolute Gasteiger partial charge is 0.357 e. The molecule has 0 aromatic carbocycles. The Morgan fingerprint density at radius 3 is 2.72 bits per heavy atom. The van der Waals surface area contributed by atoms with Crippen LogP contribution in [0, 0.1) is 0 Å². The Bertz CT molecular complexity index is 383. The second-order valence-corrected chi connectivity index (χ2v) is 5.38. The first kappa shape index (κ1) is 13.3. The maximum absolute atomic E-state index is 5.93. The van der Waals surface area contributed by atoms with E-state index in [-0.39, 0.29) is 6.04 Å². The van der Waals surface area contributed by atoms with Gasteiger partial charge < -0.3 is 15.5 Å². The average molecular weight is 248 g/mol. The molecule has 0 bridgehead atoms. The molecule has 1 aromatic heterocycles. The number of likely N-dealkylation sites (tertiary alicyclic amines) is 1. The molecule has 4 heteroatoms. The van der Waals surface area contributed by atoms with Crippen LogP contribution in [-0.2, 0) is 0 Å². The smallest absolute Gasteiger partial charge is 0.128 e. The lowest BCUT2D eigenvalue weighted by Crippen LogP contribution is -2.42. The van der Waals surface area contributed by atoms with Gasteiger partial charge in [-0.15, -0.1) is 0 Å². The molecule has 1 saturated heterocycles. The Balaban J connectivity index is 2.08. The van der Waals surface area contributed by atoms with Gasteiger partial charge in [-0.1, -0.05) is 0 Å². The molecule has 1 atom stereocenters. The molecule has 1 fully saturated rings. The fourth-order valence-electron chi connectivity index (χ4n) is 2.48. The van der Waals surface area contributed by atoms with E-state index in [4.69, 9.17) is 5.73 Å². The van der Waals surface area contributed by atoms with Gasteiger partial charge in [0, 0.05) is 25.3 Å². The molecule has 0 radical (unpaired) electrons. The summed E-state index contributed by atoms with van der Waals surface area (Å²) < 4.78 is 0. The highest BCUT2D eigenvalue weighted by Gasteiger charge is 2.21. The first-order chi connectivity index (χ1) is 8.58. The first-order valence-electron chi connectivity index (χ1n) is 6.71. The van der Waals surface area contributed by atoms with Crippen molar-refractivity contribution in [1.82, 2.24) is 9.88 Å². The van der Waals surface area contributed by atoms with Crippen molar-refractivity contribution in [3.05, 3.63) is 23.9 Å². The van der Waals surface area contributed by atoms with E-state index in [2.05, 4.69) is 34.9 Å². The Kier molecular flexibility index (Phi) is 4.19. The number of anilines is 1. The van der Waals surface area contributed by atoms with Crippen molar-refractivity contribution < 1.29 is 0 Å². The molecule has 18 heavy (non-hydrogen) atoms. The van der Waals surface area contributed by atoms with Crippen molar-refractivity contribution in [1.29, 1.82) is 0 Å². The molecule has 1 aliphatic rings. The number of hydrogen-bond donors (Lipinski definition) is 1. The molecular weight excluding hydrogens is 224 g/mol. The molecule has 2 heterocycles. The average Bonchev–Trinajstić information content (AvgIpc) is 2.39. The lowest BCUT2D eigenvalue weighted by Gasteiger charge is -2.35. The van der Waals surface area contributed by atoms with Crippen LogP contribution in [-0.4, -0.2) is 43.1 Å². The predicted molar refractivity (Wildman–Crippen MR) is 75.8 cm³/mol. The van der Waals surface area contributed by atoms with Crippen LogP contribution in [0.15, 0.2) is 18.3 Å². The van der Waals surface area contributed by atoms with E-state index in [1.54, 1.807) is 0 Å². The van der Waals surface area contributed by atoms with Crippen molar-refractivity contribution in [2.24, 2.45) is 5.73 Å². The summed E-state index contributed by atoms with van der Waals surface area (Å²) in [5.74, 6) is 1.04. The second kappa shape index (κ2) is 5.67. The van der Waals surface area contributed by atoms with Gasteiger partial charge in [-0.05, 0) is 57.6 Å². The number of aromatic nitrogens is 1. The van der Waals surface area contributed by atoms with Crippen LogP contribution in [0.4, 0.5) is 5.82 Å². The predicted octanol–water partition coefficient (Wildman–Crippen LogP) is 1.63. The summed E-state index contributed by atoms with van der Waals surface area (Å²) in [6.45, 7) is 4.35. The van der Waals surface area contributed by atoms with Gasteiger partial charge >= 0.3 is 0 Å². The fourth-order valence-corrected chi connectivity index (χ4v) is 2.48. The van der Waals surface area contributed by atoms with Crippen LogP contribution in [0.3, 0.4) is 0 Å². The third-order valence-electron chi connectivity index (χ3n) is 3.89. The zero-order valence-corrected chi connectivity index (χ0v) is 11.6. The molecule has 0 amide bonds. The van der Waals surface area contributed by atoms with Gasteiger partial charge in [-0.2, -0.15) is 0 Å². The zero-order chi connectivity index (χ0) is 13.1. The van der Waals surface area contributed by atoms with Gasteiger partial charge in [0.1, 0.15) is 5.82 Å². The Morgan fingerprint density at radius 2 is 2.11 bits per heavy atom. The van der Waals surface area contributed by atoms with E-state index in [1.807, 2.05) is 19.2 Å². The molecular formula is C14H24N4. The zero-order valence-electron chi connectivity index (χ0n) is 11.6. The first-order valence-corrected chi connectivity index (χ1v) is 6.71. The number of piperidine rings is 1. The number of hydrogen-bond acceptors (Lipinski definition) is 4. The number of nitrogens with zero attached hydrogens (tertiary/aromatic N) is 3. The molecule has 0 saturated carbocycles. The highest BCUT2D eigenvalue weighted by molar-refractivity contribution is 5.42. The van der Waals surface area contributed by atoms with E-state index in [0.717, 1.165) is 11.4 Å². The van der Waals surface area contributed by atoms with Crippen LogP contribution in [0.2, 0.25) is 0 Å². The van der Waals surface area contributed by atoms with Crippen molar-refractivity contribution in [3.8, 4) is 0 Å². The minimum atomic E-state index is 0.0673. The van der Waals surface area contributed by atoms with Gasteiger partial charge in [0.05, 0.1) is 0 Å². The molecule has 1 aliphatic heterocycles. The third kappa shape index (κ3) is 3.00. The van der Waals surface area contributed by atoms with Gasteiger partial charge in [0.25, 0.3) is 0 Å². The molecule has 0 aliphatic carbocycles. The van der Waals surface area contributed by atoms with Gasteiger partial charge in [-0.3, -0.25) is 0 Å². The highest BCUT2D eigenvalue weighted by Crippen LogP contribution is 2.22. The molecule has 1 aromatic rings. The summed E-state index contributed by atoms with van der Waals surface area (Å²) in [6, 6.07) is 4.77. The van der Waals surface area contributed by atoms with Gasteiger partial charge in [0.15, 0.2) is 0 Å². The molecule has 2 N–H and O–H groups in total. The third-order valence-corrected chi connectivity index (χ3v) is 3.89. The minimum absolute atomic E-state index is 0.0673. The summed E-state index contributed by atoms with van der Waals surface area (Å²) in [5.41, 5.74) is 7.08. The van der Waals surface area contributed by atoms with Crippen LogP contribution in [0.25, 0.3) is 0 Å². The maximum atomic E-state index is 5.93. The summed E-state index contributed by atoms with van der Waals surface area (Å²) in [7, 11) is 4.33. The molecule has 2 rings (SSSR count). The lowest BCUT2D eigenvalue weighted by atomic mass is 10.0. The summed E-state index contributed by atoms with van der Waals surface area (Å²) >= 11 is 0.